The van der Waals surface area contributed by atoms with Crippen LogP contribution < -0.4 is 4.74 Å². The molecule has 1 aromatic carbocycles. The predicted molar refractivity (Wildman–Crippen MR) is 107 cm³/mol. The van der Waals surface area contributed by atoms with Crippen LogP contribution in [-0.4, -0.2) is 36.2 Å². The fourth-order valence-electron chi connectivity index (χ4n) is 2.10. The fraction of sp³-hybridized carbons (Fsp3) is 0.500. The number of para-hydroxylation sites is 1. The first-order valence-electron chi connectivity index (χ1n) is 9.21. The second-order valence-electron chi connectivity index (χ2n) is 7.78. The summed E-state index contributed by atoms with van der Waals surface area (Å²) < 4.78 is 10.7. The van der Waals surface area contributed by atoms with E-state index in [-0.39, 0.29) is 12.4 Å². The molecule has 0 spiro atoms. The predicted octanol–water partition coefficient (Wildman–Crippen LogP) is 4.98. The van der Waals surface area contributed by atoms with Crippen LogP contribution in [0.5, 0.6) is 5.75 Å². The van der Waals surface area contributed by atoms with Crippen molar-refractivity contribution in [3.05, 3.63) is 47.7 Å². The monoisotopic (exact) mass is 373 g/mol. The van der Waals surface area contributed by atoms with Crippen LogP contribution in [0.25, 0.3) is 0 Å². The number of benzene rings is 1. The van der Waals surface area contributed by atoms with Crippen molar-refractivity contribution in [2.75, 3.05) is 13.6 Å². The maximum absolute atomic E-state index is 12.2. The van der Waals surface area contributed by atoms with Crippen LogP contribution >= 0.6 is 0 Å². The highest BCUT2D eigenvalue weighted by Crippen LogP contribution is 2.14. The first kappa shape index (κ1) is 22.5. The van der Waals surface area contributed by atoms with Crippen LogP contribution in [0.4, 0.5) is 4.79 Å². The molecule has 5 heteroatoms. The lowest BCUT2D eigenvalue weighted by Gasteiger charge is -2.25. The molecule has 0 bridgehead atoms. The second-order valence-corrected chi connectivity index (χ2v) is 7.78. The third-order valence-electron chi connectivity index (χ3n) is 3.36. The lowest BCUT2D eigenvalue weighted by Crippen LogP contribution is -2.35. The van der Waals surface area contributed by atoms with Crippen molar-refractivity contribution in [1.82, 2.24) is 4.90 Å². The summed E-state index contributed by atoms with van der Waals surface area (Å²) in [5, 5.41) is 0. The Morgan fingerprint density at radius 2 is 1.78 bits per heavy atom. The van der Waals surface area contributed by atoms with Gasteiger partial charge in [0.25, 0.3) is 0 Å². The SMILES string of the molecule is CC(C)C=C=C(CCC(=O)Oc1ccccc1)CN(C)C(=O)OC(C)(C)C. The van der Waals surface area contributed by atoms with E-state index in [1.807, 2.05) is 58.9 Å². The number of hydrogen-bond donors (Lipinski definition) is 0. The lowest BCUT2D eigenvalue weighted by atomic mass is 10.1. The molecule has 0 radical (unpaired) electrons. The first-order valence-corrected chi connectivity index (χ1v) is 9.21. The summed E-state index contributed by atoms with van der Waals surface area (Å²) in [6.45, 7) is 9.92. The van der Waals surface area contributed by atoms with Crippen molar-refractivity contribution in [3.8, 4) is 5.75 Å². The topological polar surface area (TPSA) is 55.8 Å². The molecule has 27 heavy (non-hydrogen) atoms. The van der Waals surface area contributed by atoms with Crippen molar-refractivity contribution < 1.29 is 19.1 Å². The Morgan fingerprint density at radius 1 is 1.15 bits per heavy atom. The van der Waals surface area contributed by atoms with E-state index in [0.29, 0.717) is 24.6 Å². The molecule has 1 aromatic rings. The van der Waals surface area contributed by atoms with E-state index >= 15 is 0 Å². The summed E-state index contributed by atoms with van der Waals surface area (Å²) >= 11 is 0. The Hall–Kier alpha value is -2.52. The van der Waals surface area contributed by atoms with Gasteiger partial charge in [-0.3, -0.25) is 4.79 Å². The Morgan fingerprint density at radius 3 is 2.33 bits per heavy atom. The summed E-state index contributed by atoms with van der Waals surface area (Å²) in [6.07, 6.45) is 2.20. The van der Waals surface area contributed by atoms with Gasteiger partial charge in [-0.15, -0.1) is 5.73 Å². The smallest absolute Gasteiger partial charge is 0.410 e. The van der Waals surface area contributed by atoms with Crippen LogP contribution in [0.15, 0.2) is 47.7 Å². The normalized spacial score (nSPS) is 10.8. The zero-order valence-electron chi connectivity index (χ0n) is 17.2. The van der Waals surface area contributed by atoms with Crippen molar-refractivity contribution in [2.24, 2.45) is 5.92 Å². The van der Waals surface area contributed by atoms with Gasteiger partial charge in [0.1, 0.15) is 11.4 Å². The summed E-state index contributed by atoms with van der Waals surface area (Å²) in [5.74, 6) is 0.532. The summed E-state index contributed by atoms with van der Waals surface area (Å²) in [4.78, 5) is 25.7. The molecule has 0 fully saturated rings. The lowest BCUT2D eigenvalue weighted by molar-refractivity contribution is -0.134. The van der Waals surface area contributed by atoms with Crippen LogP contribution in [-0.2, 0) is 9.53 Å². The molecule has 0 atom stereocenters. The average Bonchev–Trinajstić information content (AvgIpc) is 2.56. The number of esters is 1. The van der Waals surface area contributed by atoms with Gasteiger partial charge >= 0.3 is 12.1 Å². The molecule has 0 heterocycles. The number of amides is 1. The zero-order chi connectivity index (χ0) is 20.4. The maximum atomic E-state index is 12.2. The van der Waals surface area contributed by atoms with Gasteiger partial charge in [-0.1, -0.05) is 32.0 Å². The van der Waals surface area contributed by atoms with Gasteiger partial charge in [0, 0.05) is 7.05 Å². The molecular formula is C22H31NO4. The van der Waals surface area contributed by atoms with Gasteiger partial charge in [-0.05, 0) is 56.9 Å². The molecule has 0 N–H and O–H groups in total. The Kier molecular flexibility index (Phi) is 8.83. The number of hydrogen-bond acceptors (Lipinski definition) is 4. The third-order valence-corrected chi connectivity index (χ3v) is 3.36. The molecule has 0 aromatic heterocycles. The Bertz CT molecular complexity index is 680. The van der Waals surface area contributed by atoms with Gasteiger partial charge in [0.15, 0.2) is 0 Å². The summed E-state index contributed by atoms with van der Waals surface area (Å²) in [5.41, 5.74) is 3.52. The van der Waals surface area contributed by atoms with Crippen molar-refractivity contribution >= 4 is 12.1 Å². The molecule has 0 aliphatic heterocycles. The quantitative estimate of drug-likeness (QED) is 0.384. The molecule has 1 rings (SSSR count). The fourth-order valence-corrected chi connectivity index (χ4v) is 2.10. The van der Waals surface area contributed by atoms with E-state index in [2.05, 4.69) is 5.73 Å². The third kappa shape index (κ3) is 10.3. The van der Waals surface area contributed by atoms with Crippen molar-refractivity contribution in [2.45, 2.75) is 53.1 Å². The Balaban J connectivity index is 2.70. The average molecular weight is 373 g/mol. The molecule has 0 aliphatic carbocycles. The van der Waals surface area contributed by atoms with Gasteiger partial charge in [0.05, 0.1) is 13.0 Å². The summed E-state index contributed by atoms with van der Waals surface area (Å²) in [6, 6.07) is 8.97. The molecule has 0 saturated heterocycles. The number of carbonyl (C=O) groups excluding carboxylic acids is 2. The summed E-state index contributed by atoms with van der Waals surface area (Å²) in [7, 11) is 1.67. The largest absolute Gasteiger partial charge is 0.444 e. The highest BCUT2D eigenvalue weighted by molar-refractivity contribution is 5.72. The minimum atomic E-state index is -0.553. The van der Waals surface area contributed by atoms with Gasteiger partial charge < -0.3 is 14.4 Å². The maximum Gasteiger partial charge on any atom is 0.410 e. The highest BCUT2D eigenvalue weighted by atomic mass is 16.6. The van der Waals surface area contributed by atoms with E-state index in [4.69, 9.17) is 9.47 Å². The molecule has 5 nitrogen and oxygen atoms in total. The zero-order valence-corrected chi connectivity index (χ0v) is 17.2. The highest BCUT2D eigenvalue weighted by Gasteiger charge is 2.20. The molecular weight excluding hydrogens is 342 g/mol. The molecule has 0 saturated carbocycles. The molecule has 0 aliphatic rings. The van der Waals surface area contributed by atoms with E-state index in [0.717, 1.165) is 5.57 Å². The molecule has 148 valence electrons. The second kappa shape index (κ2) is 10.6. The van der Waals surface area contributed by atoms with Crippen LogP contribution in [0.1, 0.15) is 47.5 Å². The first-order chi connectivity index (χ1) is 12.6. The number of ether oxygens (including phenoxy) is 2. The standard InChI is InChI=1S/C22H31NO4/c1-17(2)12-13-18(16-23(6)21(25)27-22(3,4)5)14-15-20(24)26-19-10-8-7-9-11-19/h7-12,17H,14-16H2,1-6H3. The van der Waals surface area contributed by atoms with E-state index in [1.165, 1.54) is 4.90 Å². The Labute approximate surface area is 162 Å². The minimum Gasteiger partial charge on any atom is -0.444 e. The van der Waals surface area contributed by atoms with Crippen LogP contribution in [0.3, 0.4) is 0 Å². The number of likely N-dealkylation sites (N-methyl/N-ethyl adjacent to an activating group) is 1. The van der Waals surface area contributed by atoms with E-state index in [1.54, 1.807) is 19.2 Å². The molecule has 1 amide bonds. The number of nitrogens with zero attached hydrogens (tertiary/aromatic N) is 1. The van der Waals surface area contributed by atoms with Gasteiger partial charge in [-0.25, -0.2) is 4.79 Å². The van der Waals surface area contributed by atoms with Crippen LogP contribution in [0.2, 0.25) is 0 Å². The van der Waals surface area contributed by atoms with E-state index < -0.39 is 11.7 Å². The minimum absolute atomic E-state index is 0.214. The van der Waals surface area contributed by atoms with Crippen LogP contribution in [0, 0.1) is 5.92 Å². The van der Waals surface area contributed by atoms with Crippen molar-refractivity contribution in [3.63, 3.8) is 0 Å². The van der Waals surface area contributed by atoms with Crippen molar-refractivity contribution in [1.29, 1.82) is 0 Å². The van der Waals surface area contributed by atoms with Gasteiger partial charge in [-0.2, -0.15) is 0 Å². The molecule has 0 unspecified atom stereocenters. The number of carbonyl (C=O) groups is 2. The van der Waals surface area contributed by atoms with Gasteiger partial charge in [0.2, 0.25) is 0 Å². The number of rotatable bonds is 7. The van der Waals surface area contributed by atoms with E-state index in [9.17, 15) is 9.59 Å².